The number of halogens is 1. The molecule has 2 fully saturated rings. The van der Waals surface area contributed by atoms with Crippen LogP contribution in [0.2, 0.25) is 5.02 Å². The number of hydrogen-bond acceptors (Lipinski definition) is 11. The summed E-state index contributed by atoms with van der Waals surface area (Å²) in [6.07, 6.45) is 1.74. The van der Waals surface area contributed by atoms with Crippen molar-refractivity contribution in [1.29, 1.82) is 0 Å². The van der Waals surface area contributed by atoms with Crippen molar-refractivity contribution in [3.8, 4) is 28.7 Å². The number of fused-ring (bicyclic) bond motifs is 5. The van der Waals surface area contributed by atoms with Crippen molar-refractivity contribution in [3.05, 3.63) is 144 Å². The molecule has 4 heterocycles. The molecule has 16 nitrogen and oxygen atoms in total. The molecule has 2 aromatic heterocycles. The van der Waals surface area contributed by atoms with Crippen LogP contribution >= 0.6 is 11.6 Å². The van der Waals surface area contributed by atoms with E-state index in [1.807, 2.05) is 24.3 Å². The fraction of sp³-hybridized carbons (Fsp3) is 0.289. The number of aromatic hydroxyl groups is 1. The fourth-order valence-electron chi connectivity index (χ4n) is 9.79. The van der Waals surface area contributed by atoms with Crippen LogP contribution in [0.15, 0.2) is 105 Å². The number of rotatable bonds is 10. The van der Waals surface area contributed by atoms with Crippen molar-refractivity contribution in [3.63, 3.8) is 0 Å². The zero-order valence-electron chi connectivity index (χ0n) is 34.3. The number of phenols is 1. The molecule has 4 atom stereocenters. The summed E-state index contributed by atoms with van der Waals surface area (Å²) in [4.78, 5) is 79.0. The highest BCUT2D eigenvalue weighted by molar-refractivity contribution is 6.32. The molecule has 1 saturated carbocycles. The van der Waals surface area contributed by atoms with E-state index in [0.29, 0.717) is 44.3 Å². The molecule has 0 unspecified atom stereocenters. The molecule has 17 heteroatoms. The summed E-state index contributed by atoms with van der Waals surface area (Å²) >= 11 is 6.44. The molecule has 62 heavy (non-hydrogen) atoms. The molecule has 2 aliphatic heterocycles. The first-order chi connectivity index (χ1) is 29.9. The number of methoxy groups -OCH3 is 4. The number of carbonyl (C=O) groups is 2. The quantitative estimate of drug-likeness (QED) is 0.152. The highest BCUT2D eigenvalue weighted by Crippen LogP contribution is 2.63. The Morgan fingerprint density at radius 3 is 2.16 bits per heavy atom. The van der Waals surface area contributed by atoms with Gasteiger partial charge in [-0.1, -0.05) is 54.1 Å². The van der Waals surface area contributed by atoms with Crippen LogP contribution in [0.1, 0.15) is 35.2 Å². The van der Waals surface area contributed by atoms with Gasteiger partial charge in [0.2, 0.25) is 17.6 Å². The second kappa shape index (κ2) is 15.1. The van der Waals surface area contributed by atoms with Gasteiger partial charge in [-0.05, 0) is 53.5 Å². The summed E-state index contributed by atoms with van der Waals surface area (Å²) in [6.45, 7) is -0.232. The standard InChI is InChI=1S/C45H41ClN6O10/c1-48-33-23-35(60-3)34(59-2)22-31(33)47-30(41(48)55)15-16-49-43(57)50-17-14-28-32(52(50)44(49)58)21-29-40(54)51(27-13-9-12-26(46)20-27)42(56)45(29,25-10-7-6-8-11-25)38(28)24-18-36(61-4)39(53)37(19-24)62-5/h6-14,18-20,22-23,29,32,38,53H,15-17,21H2,1-5H3/t29-,32+,38-,45+/m0/s1. The van der Waals surface area contributed by atoms with Gasteiger partial charge in [0.15, 0.2) is 23.0 Å². The van der Waals surface area contributed by atoms with Gasteiger partial charge in [-0.25, -0.2) is 33.4 Å². The average Bonchev–Trinajstić information content (AvgIpc) is 3.67. The minimum Gasteiger partial charge on any atom is -0.502 e. The van der Waals surface area contributed by atoms with Crippen molar-refractivity contribution < 1.29 is 33.6 Å². The molecule has 1 saturated heterocycles. The van der Waals surface area contributed by atoms with Crippen molar-refractivity contribution in [2.75, 3.05) is 33.3 Å². The summed E-state index contributed by atoms with van der Waals surface area (Å²) in [5.74, 6) is -2.36. The largest absolute Gasteiger partial charge is 0.502 e. The van der Waals surface area contributed by atoms with Gasteiger partial charge < -0.3 is 28.6 Å². The summed E-state index contributed by atoms with van der Waals surface area (Å²) in [6, 6.07) is 21.1. The molecule has 2 amide bonds. The molecule has 318 valence electrons. The van der Waals surface area contributed by atoms with Crippen LogP contribution in [0, 0.1) is 5.92 Å². The number of imide groups is 1. The van der Waals surface area contributed by atoms with Gasteiger partial charge in [0.25, 0.3) is 5.56 Å². The lowest BCUT2D eigenvalue weighted by Gasteiger charge is -2.49. The number of ether oxygens (including phenoxy) is 4. The molecular weight excluding hydrogens is 820 g/mol. The predicted octanol–water partition coefficient (Wildman–Crippen LogP) is 4.49. The third kappa shape index (κ3) is 5.80. The second-order valence-corrected chi connectivity index (χ2v) is 15.9. The molecule has 0 bridgehead atoms. The van der Waals surface area contributed by atoms with E-state index >= 15 is 9.59 Å². The van der Waals surface area contributed by atoms with Crippen LogP contribution in [0.4, 0.5) is 5.69 Å². The number of amides is 2. The van der Waals surface area contributed by atoms with Crippen LogP contribution < -0.4 is 40.8 Å². The Morgan fingerprint density at radius 2 is 1.50 bits per heavy atom. The summed E-state index contributed by atoms with van der Waals surface area (Å²) in [5, 5.41) is 11.4. The summed E-state index contributed by atoms with van der Waals surface area (Å²) < 4.78 is 27.2. The average molecular weight is 861 g/mol. The lowest BCUT2D eigenvalue weighted by molar-refractivity contribution is -0.124. The smallest absolute Gasteiger partial charge is 0.347 e. The Kier molecular flexibility index (Phi) is 9.84. The minimum atomic E-state index is -1.60. The van der Waals surface area contributed by atoms with E-state index in [9.17, 15) is 19.5 Å². The van der Waals surface area contributed by atoms with E-state index in [-0.39, 0.29) is 54.6 Å². The van der Waals surface area contributed by atoms with Gasteiger partial charge in [0.1, 0.15) is 5.69 Å². The summed E-state index contributed by atoms with van der Waals surface area (Å²) in [7, 11) is 7.36. The van der Waals surface area contributed by atoms with Crippen LogP contribution in [0.3, 0.4) is 0 Å². The number of anilines is 1. The number of aromatic nitrogens is 5. The second-order valence-electron chi connectivity index (χ2n) is 15.4. The van der Waals surface area contributed by atoms with Crippen molar-refractivity contribution in [2.24, 2.45) is 13.0 Å². The Balaban J connectivity index is 1.21. The molecule has 9 rings (SSSR count). The van der Waals surface area contributed by atoms with Gasteiger partial charge in [-0.2, -0.15) is 0 Å². The number of nitrogens with zero attached hydrogens (tertiary/aromatic N) is 6. The first kappa shape index (κ1) is 40.3. The predicted molar refractivity (Wildman–Crippen MR) is 228 cm³/mol. The zero-order valence-corrected chi connectivity index (χ0v) is 35.1. The highest BCUT2D eigenvalue weighted by Gasteiger charge is 2.68. The fourth-order valence-corrected chi connectivity index (χ4v) is 9.97. The molecule has 6 aromatic rings. The molecule has 1 aliphatic carbocycles. The minimum absolute atomic E-state index is 0.0351. The van der Waals surface area contributed by atoms with E-state index in [4.69, 9.17) is 30.5 Å². The highest BCUT2D eigenvalue weighted by atomic mass is 35.5. The number of phenolic OH excluding ortho intramolecular Hbond substituents is 1. The maximum atomic E-state index is 15.6. The number of aryl methyl sites for hydroxylation is 2. The third-order valence-corrected chi connectivity index (χ3v) is 12.8. The van der Waals surface area contributed by atoms with Gasteiger partial charge in [0, 0.05) is 43.1 Å². The number of carbonyl (C=O) groups excluding carboxylic acids is 2. The van der Waals surface area contributed by atoms with E-state index in [1.165, 1.54) is 42.4 Å². The van der Waals surface area contributed by atoms with Crippen LogP contribution in [-0.2, 0) is 41.6 Å². The van der Waals surface area contributed by atoms with E-state index in [1.54, 1.807) is 67.7 Å². The van der Waals surface area contributed by atoms with E-state index in [2.05, 4.69) is 4.98 Å². The van der Waals surface area contributed by atoms with E-state index in [0.717, 1.165) is 9.47 Å². The Bertz CT molecular complexity index is 3040. The van der Waals surface area contributed by atoms with Crippen molar-refractivity contribution >= 4 is 40.1 Å². The Morgan fingerprint density at radius 1 is 0.823 bits per heavy atom. The Labute approximate surface area is 358 Å². The van der Waals surface area contributed by atoms with Gasteiger partial charge >= 0.3 is 11.4 Å². The number of allylic oxidation sites excluding steroid dienone is 2. The molecule has 3 aliphatic rings. The third-order valence-electron chi connectivity index (χ3n) is 12.6. The van der Waals surface area contributed by atoms with Gasteiger partial charge in [-0.3, -0.25) is 14.4 Å². The maximum absolute atomic E-state index is 15.6. The number of benzene rings is 4. The molecular formula is C45H41ClN6O10. The van der Waals surface area contributed by atoms with Crippen LogP contribution in [0.5, 0.6) is 28.7 Å². The topological polar surface area (TPSA) is 178 Å². The van der Waals surface area contributed by atoms with Crippen molar-refractivity contribution in [2.45, 2.75) is 43.3 Å². The van der Waals surface area contributed by atoms with E-state index < -0.39 is 52.0 Å². The molecule has 1 N–H and O–H groups in total. The van der Waals surface area contributed by atoms with Gasteiger partial charge in [0.05, 0.1) is 69.1 Å². The first-order valence-corrected chi connectivity index (χ1v) is 20.1. The monoisotopic (exact) mass is 860 g/mol. The lowest BCUT2D eigenvalue weighted by Crippen LogP contribution is -2.53. The van der Waals surface area contributed by atoms with Crippen LogP contribution in [0.25, 0.3) is 11.0 Å². The SMILES string of the molecule is COc1cc2nc(CCn3c(=O)n4n(c3=O)[C@@H]3C[C@H]5C(=O)N(c6cccc(Cl)c6)C(=O)[C@@]5(c5ccccc5)[C@@H](c5cc(OC)c(O)c(OC)c5)C3=CC4)c(=O)n(C)c2cc1OC. The number of hydrogen-bond donors (Lipinski definition) is 1. The van der Waals surface area contributed by atoms with Crippen LogP contribution in [-0.4, -0.2) is 68.8 Å². The van der Waals surface area contributed by atoms with Gasteiger partial charge in [-0.15, -0.1) is 0 Å². The molecule has 0 radical (unpaired) electrons. The van der Waals surface area contributed by atoms with Crippen molar-refractivity contribution in [1.82, 2.24) is 23.5 Å². The first-order valence-electron chi connectivity index (χ1n) is 19.8. The normalized spacial score (nSPS) is 20.4. The molecule has 0 spiro atoms. The zero-order chi connectivity index (χ0) is 43.8. The lowest BCUT2D eigenvalue weighted by atomic mass is 9.53. The summed E-state index contributed by atoms with van der Waals surface area (Å²) in [5.41, 5.74) is -0.311. The maximum Gasteiger partial charge on any atom is 0.347 e. The molecule has 4 aromatic carbocycles. The Hall–Kier alpha value is -7.07.